The first kappa shape index (κ1) is 13.5. The van der Waals surface area contributed by atoms with E-state index in [0.717, 1.165) is 6.29 Å². The van der Waals surface area contributed by atoms with Crippen molar-refractivity contribution >= 4 is 12.8 Å². The maximum Gasteiger partial charge on any atom is 0.290 e. The number of rotatable bonds is 1. The third-order valence-electron chi connectivity index (χ3n) is 0.867. The summed E-state index contributed by atoms with van der Waals surface area (Å²) in [6.45, 7) is -0.250. The van der Waals surface area contributed by atoms with Gasteiger partial charge in [-0.1, -0.05) is 5.56 Å². The molecule has 0 amide bonds. The van der Waals surface area contributed by atoms with Crippen LogP contribution in [-0.4, -0.2) is 17.9 Å². The first-order valence-electron chi connectivity index (χ1n) is 2.84. The number of hydrogen-bond donors (Lipinski definition) is 1. The number of aldehydes is 1. The number of carboxylic acid groups (broad SMARTS) is 1. The van der Waals surface area contributed by atoms with E-state index in [-0.39, 0.29) is 25.0 Å². The Morgan fingerprint density at radius 1 is 1.42 bits per heavy atom. The van der Waals surface area contributed by atoms with Gasteiger partial charge in [0.2, 0.25) is 0 Å². The van der Waals surface area contributed by atoms with E-state index in [1.54, 1.807) is 24.3 Å². The van der Waals surface area contributed by atoms with Crippen molar-refractivity contribution in [1.82, 2.24) is 0 Å². The van der Waals surface area contributed by atoms with E-state index in [9.17, 15) is 4.79 Å². The average Bonchev–Trinajstić information content (AvgIpc) is 2.08. The van der Waals surface area contributed by atoms with Gasteiger partial charge in [-0.3, -0.25) is 4.79 Å². The van der Waals surface area contributed by atoms with Crippen molar-refractivity contribution < 1.29 is 33.3 Å². The van der Waals surface area contributed by atoms with Crippen LogP contribution in [0.25, 0.3) is 0 Å². The number of carbonyl (C=O) groups excluding carboxylic acids is 1. The molecule has 0 unspecified atom stereocenters. The molecule has 0 fully saturated rings. The molecule has 0 atom stereocenters. The molecule has 1 aromatic carbocycles. The molecule has 1 radical (unpaired) electrons. The van der Waals surface area contributed by atoms with Gasteiger partial charge in [-0.25, -0.2) is 0 Å². The van der Waals surface area contributed by atoms with Crippen molar-refractivity contribution in [3.05, 3.63) is 35.9 Å². The minimum atomic E-state index is -0.250. The van der Waals surface area contributed by atoms with Gasteiger partial charge in [0.25, 0.3) is 6.47 Å². The third-order valence-corrected chi connectivity index (χ3v) is 0.867. The normalized spacial score (nSPS) is 6.67. The van der Waals surface area contributed by atoms with Crippen LogP contribution < -0.4 is 0 Å². The van der Waals surface area contributed by atoms with Gasteiger partial charge < -0.3 is 9.90 Å². The first-order chi connectivity index (χ1) is 5.35. The van der Waals surface area contributed by atoms with Crippen LogP contribution in [0.2, 0.25) is 0 Å². The Labute approximate surface area is 82.3 Å². The predicted octanol–water partition coefficient (Wildman–Crippen LogP) is 0.998. The maximum atomic E-state index is 9.99. The second-order valence-electron chi connectivity index (χ2n) is 1.56. The van der Waals surface area contributed by atoms with E-state index < -0.39 is 0 Å². The van der Waals surface area contributed by atoms with Crippen molar-refractivity contribution in [2.75, 3.05) is 0 Å². The molecule has 0 aromatic heterocycles. The first-order valence-corrected chi connectivity index (χ1v) is 2.84. The Morgan fingerprint density at radius 2 is 2.00 bits per heavy atom. The van der Waals surface area contributed by atoms with E-state index in [4.69, 9.17) is 9.90 Å². The van der Waals surface area contributed by atoms with Crippen LogP contribution >= 0.6 is 0 Å². The monoisotopic (exact) mass is 202 g/mol. The molecular weight excluding hydrogens is 195 g/mol. The van der Waals surface area contributed by atoms with Crippen LogP contribution in [0.4, 0.5) is 0 Å². The molecule has 0 aliphatic carbocycles. The van der Waals surface area contributed by atoms with Gasteiger partial charge in [-0.05, 0) is 0 Å². The molecule has 0 bridgehead atoms. The molecule has 0 aliphatic heterocycles. The zero-order chi connectivity index (χ0) is 8.53. The van der Waals surface area contributed by atoms with Gasteiger partial charge in [0, 0.05) is 18.6 Å². The minimum absolute atomic E-state index is 0. The topological polar surface area (TPSA) is 54.4 Å². The minimum Gasteiger partial charge on any atom is -0.483 e. The summed E-state index contributed by atoms with van der Waals surface area (Å²) in [5.41, 5.74) is 0.674. The second-order valence-corrected chi connectivity index (χ2v) is 1.56. The fourth-order valence-corrected chi connectivity index (χ4v) is 0.481. The molecule has 1 N–H and O–H groups in total. The summed E-state index contributed by atoms with van der Waals surface area (Å²) >= 11 is 0. The SMILES string of the molecule is O=CO.O=Cc1c[c-]ccc1.[V]. The van der Waals surface area contributed by atoms with Gasteiger partial charge >= 0.3 is 0 Å². The molecule has 0 saturated heterocycles. The number of carbonyl (C=O) groups is 2. The smallest absolute Gasteiger partial charge is 0.290 e. The zero-order valence-electron chi connectivity index (χ0n) is 6.18. The fraction of sp³-hybridized carbons (Fsp3) is 0. The van der Waals surface area contributed by atoms with Crippen molar-refractivity contribution in [2.24, 2.45) is 0 Å². The van der Waals surface area contributed by atoms with Crippen molar-refractivity contribution in [3.8, 4) is 0 Å². The van der Waals surface area contributed by atoms with Gasteiger partial charge in [-0.2, -0.15) is 30.3 Å². The fourth-order valence-electron chi connectivity index (χ4n) is 0.481. The molecule has 0 spiro atoms. The summed E-state index contributed by atoms with van der Waals surface area (Å²) in [5, 5.41) is 6.89. The summed E-state index contributed by atoms with van der Waals surface area (Å²) in [7, 11) is 0. The van der Waals surface area contributed by atoms with Gasteiger partial charge in [0.05, 0.1) is 6.29 Å². The van der Waals surface area contributed by atoms with Crippen molar-refractivity contribution in [1.29, 1.82) is 0 Å². The summed E-state index contributed by atoms with van der Waals surface area (Å²) < 4.78 is 0. The van der Waals surface area contributed by atoms with Crippen LogP contribution in [0.15, 0.2) is 24.3 Å². The quantitative estimate of drug-likeness (QED) is 0.545. The summed E-state index contributed by atoms with van der Waals surface area (Å²) in [4.78, 5) is 18.3. The predicted molar refractivity (Wildman–Crippen MR) is 39.4 cm³/mol. The Bertz CT molecular complexity index is 211. The maximum absolute atomic E-state index is 9.99. The average molecular weight is 202 g/mol. The Kier molecular flexibility index (Phi) is 11.2. The van der Waals surface area contributed by atoms with E-state index in [0.29, 0.717) is 5.56 Å². The van der Waals surface area contributed by atoms with Crippen LogP contribution in [-0.2, 0) is 23.4 Å². The Hall–Kier alpha value is -1.06. The van der Waals surface area contributed by atoms with E-state index in [1.165, 1.54) is 0 Å². The molecule has 63 valence electrons. The third kappa shape index (κ3) is 7.06. The summed E-state index contributed by atoms with van der Waals surface area (Å²) in [5.74, 6) is 0. The van der Waals surface area contributed by atoms with Gasteiger partial charge in [0.15, 0.2) is 0 Å². The van der Waals surface area contributed by atoms with Crippen LogP contribution in [0, 0.1) is 6.07 Å². The zero-order valence-corrected chi connectivity index (χ0v) is 7.57. The molecule has 4 heteroatoms. The Morgan fingerprint density at radius 3 is 2.25 bits per heavy atom. The molecule has 0 aliphatic rings. The summed E-state index contributed by atoms with van der Waals surface area (Å²) in [6.07, 6.45) is 0.802. The molecule has 1 aromatic rings. The van der Waals surface area contributed by atoms with Crippen LogP contribution in [0.1, 0.15) is 10.4 Å². The van der Waals surface area contributed by atoms with Crippen LogP contribution in [0.3, 0.4) is 0 Å². The summed E-state index contributed by atoms with van der Waals surface area (Å²) in [6, 6.07) is 9.70. The number of benzene rings is 1. The van der Waals surface area contributed by atoms with E-state index in [1.807, 2.05) is 0 Å². The molecule has 0 heterocycles. The Balaban J connectivity index is 0. The van der Waals surface area contributed by atoms with E-state index in [2.05, 4.69) is 6.07 Å². The molecular formula is C8H7O3V-. The number of hydrogen-bond acceptors (Lipinski definition) is 2. The largest absolute Gasteiger partial charge is 0.483 e. The molecule has 1 rings (SSSR count). The van der Waals surface area contributed by atoms with Crippen molar-refractivity contribution in [3.63, 3.8) is 0 Å². The second kappa shape index (κ2) is 9.94. The molecule has 0 saturated carbocycles. The van der Waals surface area contributed by atoms with Crippen molar-refractivity contribution in [2.45, 2.75) is 0 Å². The molecule has 12 heavy (non-hydrogen) atoms. The molecule has 3 nitrogen and oxygen atoms in total. The van der Waals surface area contributed by atoms with Crippen LogP contribution in [0.5, 0.6) is 0 Å². The van der Waals surface area contributed by atoms with Gasteiger partial charge in [-0.15, -0.1) is 0 Å². The standard InChI is InChI=1S/C7H5O.CH2O2.V/c8-6-7-4-2-1-3-5-7;2-1-3;/h1-2,4-6H;1H,(H,2,3);/q-1;;. The van der Waals surface area contributed by atoms with E-state index >= 15 is 0 Å². The van der Waals surface area contributed by atoms with Gasteiger partial charge in [0.1, 0.15) is 0 Å².